The number of aliphatic hydroxyl groups excluding tert-OH is 2. The minimum atomic E-state index is -4.76. The first kappa shape index (κ1) is 29.1. The van der Waals surface area contributed by atoms with Crippen LogP contribution in [-0.4, -0.2) is 55.0 Å². The first-order valence-electron chi connectivity index (χ1n) is 11.9. The summed E-state index contributed by atoms with van der Waals surface area (Å²) in [6.07, 6.45) is -5.81. The van der Waals surface area contributed by atoms with Gasteiger partial charge in [0.05, 0.1) is 17.7 Å². The highest BCUT2D eigenvalue weighted by Crippen LogP contribution is 2.43. The number of alkyl halides is 3. The van der Waals surface area contributed by atoms with Crippen molar-refractivity contribution in [2.75, 3.05) is 13.2 Å². The lowest BCUT2D eigenvalue weighted by Gasteiger charge is -2.20. The third kappa shape index (κ3) is 5.69. The van der Waals surface area contributed by atoms with E-state index >= 15 is 0 Å². The van der Waals surface area contributed by atoms with E-state index in [1.54, 1.807) is 6.92 Å². The highest BCUT2D eigenvalue weighted by Gasteiger charge is 2.38. The first-order valence-corrected chi connectivity index (χ1v) is 12.2. The summed E-state index contributed by atoms with van der Waals surface area (Å²) in [4.78, 5) is 17.0. The maximum absolute atomic E-state index is 14.8. The molecule has 4 aromatic rings. The minimum Gasteiger partial charge on any atom is -0.489 e. The molecule has 1 atom stereocenters. The summed E-state index contributed by atoms with van der Waals surface area (Å²) in [5.41, 5.74) is -0.607. The average molecular weight is 587 g/mol. The predicted molar refractivity (Wildman–Crippen MR) is 135 cm³/mol. The molecule has 2 heterocycles. The van der Waals surface area contributed by atoms with E-state index in [0.717, 1.165) is 23.7 Å². The highest BCUT2D eigenvalue weighted by atomic mass is 35.5. The van der Waals surface area contributed by atoms with Crippen molar-refractivity contribution in [2.45, 2.75) is 39.3 Å². The molecule has 0 saturated carbocycles. The molecule has 0 aliphatic carbocycles. The van der Waals surface area contributed by atoms with Crippen molar-refractivity contribution in [3.63, 3.8) is 0 Å². The Labute approximate surface area is 228 Å². The van der Waals surface area contributed by atoms with E-state index in [2.05, 4.69) is 10.1 Å². The van der Waals surface area contributed by atoms with Crippen LogP contribution in [0, 0.1) is 5.82 Å². The van der Waals surface area contributed by atoms with Gasteiger partial charge >= 0.3 is 11.9 Å². The molecule has 15 heteroatoms. The Kier molecular flexibility index (Phi) is 8.51. The summed E-state index contributed by atoms with van der Waals surface area (Å²) in [5.74, 6) is -2.16. The number of benzene rings is 2. The molecule has 214 valence electrons. The van der Waals surface area contributed by atoms with Gasteiger partial charge in [0.2, 0.25) is 5.88 Å². The second-order valence-electron chi connectivity index (χ2n) is 8.34. The normalized spacial score (nSPS) is 12.5. The summed E-state index contributed by atoms with van der Waals surface area (Å²) in [6, 6.07) is 6.19. The van der Waals surface area contributed by atoms with Crippen LogP contribution in [0.15, 0.2) is 41.3 Å². The van der Waals surface area contributed by atoms with E-state index < -0.39 is 41.9 Å². The third-order valence-corrected chi connectivity index (χ3v) is 6.10. The molecule has 0 unspecified atom stereocenters. The molecule has 0 spiro atoms. The SMILES string of the molecule is CCn1c(CO)nn(-c2cc(O[C@@H](C)C(F)(F)F)c3c(Oc4c(F)ccc(OCCO)c4Cl)nccc3c2)c1=O. The smallest absolute Gasteiger partial charge is 0.425 e. The Morgan fingerprint density at radius 2 is 1.90 bits per heavy atom. The fourth-order valence-electron chi connectivity index (χ4n) is 3.79. The number of aliphatic hydroxyl groups is 2. The van der Waals surface area contributed by atoms with Gasteiger partial charge in [0.1, 0.15) is 29.7 Å². The van der Waals surface area contributed by atoms with Crippen LogP contribution in [0.4, 0.5) is 17.6 Å². The van der Waals surface area contributed by atoms with Crippen molar-refractivity contribution in [1.82, 2.24) is 19.3 Å². The van der Waals surface area contributed by atoms with Gasteiger partial charge in [-0.05, 0) is 43.5 Å². The average Bonchev–Trinajstić information content (AvgIpc) is 3.25. The monoisotopic (exact) mass is 586 g/mol. The van der Waals surface area contributed by atoms with Gasteiger partial charge in [-0.15, -0.1) is 5.10 Å². The highest BCUT2D eigenvalue weighted by molar-refractivity contribution is 6.33. The van der Waals surface area contributed by atoms with Crippen molar-refractivity contribution in [2.24, 2.45) is 0 Å². The quantitative estimate of drug-likeness (QED) is 0.263. The molecule has 0 radical (unpaired) electrons. The number of hydrogen-bond acceptors (Lipinski definition) is 8. The molecule has 2 aromatic carbocycles. The van der Waals surface area contributed by atoms with Crippen molar-refractivity contribution >= 4 is 22.4 Å². The van der Waals surface area contributed by atoms with Gasteiger partial charge in [-0.2, -0.15) is 17.9 Å². The molecule has 10 nitrogen and oxygen atoms in total. The van der Waals surface area contributed by atoms with Gasteiger partial charge < -0.3 is 24.4 Å². The van der Waals surface area contributed by atoms with Crippen molar-refractivity contribution < 1.29 is 42.0 Å². The minimum absolute atomic E-state index is 0.0117. The number of ether oxygens (including phenoxy) is 3. The van der Waals surface area contributed by atoms with Gasteiger partial charge in [-0.3, -0.25) is 4.57 Å². The number of halogens is 5. The topological polar surface area (TPSA) is 121 Å². The first-order chi connectivity index (χ1) is 19.0. The van der Waals surface area contributed by atoms with Crippen LogP contribution >= 0.6 is 11.6 Å². The lowest BCUT2D eigenvalue weighted by Crippen LogP contribution is -2.31. The zero-order valence-electron chi connectivity index (χ0n) is 21.1. The van der Waals surface area contributed by atoms with Gasteiger partial charge in [0, 0.05) is 18.8 Å². The van der Waals surface area contributed by atoms with Crippen molar-refractivity contribution in [1.29, 1.82) is 0 Å². The Hall–Kier alpha value is -3.88. The molecule has 0 aliphatic heterocycles. The van der Waals surface area contributed by atoms with E-state index in [0.29, 0.717) is 0 Å². The Bertz CT molecular complexity index is 1590. The van der Waals surface area contributed by atoms with E-state index in [4.69, 9.17) is 30.9 Å². The van der Waals surface area contributed by atoms with Crippen LogP contribution in [0.5, 0.6) is 23.1 Å². The molecule has 0 bridgehead atoms. The number of hydrogen-bond donors (Lipinski definition) is 2. The summed E-state index contributed by atoms with van der Waals surface area (Å²) >= 11 is 6.25. The number of pyridine rings is 1. The van der Waals surface area contributed by atoms with E-state index in [1.807, 2.05) is 0 Å². The zero-order chi connectivity index (χ0) is 29.2. The van der Waals surface area contributed by atoms with Crippen LogP contribution in [0.1, 0.15) is 19.7 Å². The third-order valence-electron chi connectivity index (χ3n) is 5.74. The molecule has 40 heavy (non-hydrogen) atoms. The molecule has 0 amide bonds. The Morgan fingerprint density at radius 1 is 1.15 bits per heavy atom. The van der Waals surface area contributed by atoms with Crippen LogP contribution in [0.3, 0.4) is 0 Å². The fraction of sp³-hybridized carbons (Fsp3) is 0.320. The maximum Gasteiger partial charge on any atom is 0.425 e. The predicted octanol–water partition coefficient (Wildman–Crippen LogP) is 4.38. The number of fused-ring (bicyclic) bond motifs is 1. The van der Waals surface area contributed by atoms with Crippen LogP contribution in [-0.2, 0) is 13.2 Å². The summed E-state index contributed by atoms with van der Waals surface area (Å²) in [6.45, 7) is 1.61. The van der Waals surface area contributed by atoms with Gasteiger partial charge in [-0.25, -0.2) is 14.2 Å². The Balaban J connectivity index is 1.92. The van der Waals surface area contributed by atoms with Gasteiger partial charge in [-0.1, -0.05) is 11.6 Å². The largest absolute Gasteiger partial charge is 0.489 e. The van der Waals surface area contributed by atoms with E-state index in [1.165, 1.54) is 29.0 Å². The molecular weight excluding hydrogens is 564 g/mol. The summed E-state index contributed by atoms with van der Waals surface area (Å²) in [5, 5.41) is 22.5. The second kappa shape index (κ2) is 11.7. The zero-order valence-corrected chi connectivity index (χ0v) is 21.8. The van der Waals surface area contributed by atoms with Crippen molar-refractivity contribution in [3.8, 4) is 28.8 Å². The summed E-state index contributed by atoms with van der Waals surface area (Å²) < 4.78 is 73.6. The van der Waals surface area contributed by atoms with Crippen LogP contribution in [0.25, 0.3) is 16.5 Å². The summed E-state index contributed by atoms with van der Waals surface area (Å²) in [7, 11) is 0. The molecular formula is C25H23ClF4N4O6. The van der Waals surface area contributed by atoms with Gasteiger partial charge in [0.15, 0.2) is 23.5 Å². The van der Waals surface area contributed by atoms with Gasteiger partial charge in [0.25, 0.3) is 0 Å². The maximum atomic E-state index is 14.8. The van der Waals surface area contributed by atoms with Crippen molar-refractivity contribution in [3.05, 3.63) is 63.7 Å². The molecule has 0 aliphatic rings. The molecule has 0 fully saturated rings. The fourth-order valence-corrected chi connectivity index (χ4v) is 4.04. The molecule has 2 aromatic heterocycles. The molecule has 2 N–H and O–H groups in total. The van der Waals surface area contributed by atoms with E-state index in [9.17, 15) is 27.5 Å². The van der Waals surface area contributed by atoms with Crippen LogP contribution in [0.2, 0.25) is 5.02 Å². The lowest BCUT2D eigenvalue weighted by atomic mass is 10.1. The van der Waals surface area contributed by atoms with E-state index in [-0.39, 0.29) is 58.7 Å². The molecule has 0 saturated heterocycles. The number of rotatable bonds is 10. The number of aromatic nitrogens is 4. The second-order valence-corrected chi connectivity index (χ2v) is 8.71. The molecule has 4 rings (SSSR count). The van der Waals surface area contributed by atoms with Crippen LogP contribution < -0.4 is 19.9 Å². The Morgan fingerprint density at radius 3 is 2.52 bits per heavy atom. The standard InChI is InChI=1S/C25H23ClF4N4O6/c1-3-33-19(12-36)32-34(24(33)37)15-10-14-6-7-31-23(20(14)18(11-15)39-13(2)25(28,29)30)40-22-16(27)4-5-17(21(22)26)38-9-8-35/h4-7,10-11,13,35-36H,3,8-9,12H2,1-2H3/t13-/m0/s1. The lowest BCUT2D eigenvalue weighted by molar-refractivity contribution is -0.189. The number of nitrogens with zero attached hydrogens (tertiary/aromatic N) is 4.